The molecule has 24 heavy (non-hydrogen) atoms. The summed E-state index contributed by atoms with van der Waals surface area (Å²) in [5.41, 5.74) is -0.450. The molecule has 0 aliphatic rings. The van der Waals surface area contributed by atoms with E-state index in [1.54, 1.807) is 43.3 Å². The Bertz CT molecular complexity index is 795. The van der Waals surface area contributed by atoms with Crippen LogP contribution in [0.4, 0.5) is 0 Å². The molecule has 2 N–H and O–H groups in total. The van der Waals surface area contributed by atoms with Crippen LogP contribution in [0.1, 0.15) is 11.1 Å². The first-order valence-corrected chi connectivity index (χ1v) is 9.18. The van der Waals surface area contributed by atoms with Gasteiger partial charge in [-0.2, -0.15) is 0 Å². The van der Waals surface area contributed by atoms with Crippen molar-refractivity contribution < 1.29 is 18.3 Å². The highest BCUT2D eigenvalue weighted by atomic mass is 35.5. The molecule has 0 bridgehead atoms. The summed E-state index contributed by atoms with van der Waals surface area (Å²) < 4.78 is 32.7. The van der Waals surface area contributed by atoms with E-state index in [4.69, 9.17) is 16.3 Å². The third kappa shape index (κ3) is 4.15. The van der Waals surface area contributed by atoms with Crippen molar-refractivity contribution in [2.75, 3.05) is 20.3 Å². The number of nitrogens with one attached hydrogen (secondary N) is 1. The minimum absolute atomic E-state index is 0.0476. The van der Waals surface area contributed by atoms with Crippen LogP contribution in [0.15, 0.2) is 53.4 Å². The molecule has 0 fully saturated rings. The lowest BCUT2D eigenvalue weighted by Gasteiger charge is -2.28. The van der Waals surface area contributed by atoms with Crippen molar-refractivity contribution in [2.24, 2.45) is 0 Å². The van der Waals surface area contributed by atoms with Crippen LogP contribution < -0.4 is 4.72 Å². The molecular formula is C17H20ClNO4S. The van der Waals surface area contributed by atoms with Gasteiger partial charge in [0.25, 0.3) is 0 Å². The van der Waals surface area contributed by atoms with Gasteiger partial charge in [0.1, 0.15) is 5.60 Å². The summed E-state index contributed by atoms with van der Waals surface area (Å²) in [6.07, 6.45) is 0. The third-order valence-electron chi connectivity index (χ3n) is 3.76. The first kappa shape index (κ1) is 18.9. The SMILES string of the molecule is COC[C@@](O)(CNS(=O)(=O)c1cccc(Cl)c1C)c1ccccc1. The highest BCUT2D eigenvalue weighted by molar-refractivity contribution is 7.89. The summed E-state index contributed by atoms with van der Waals surface area (Å²) in [4.78, 5) is 0.0860. The van der Waals surface area contributed by atoms with Gasteiger partial charge in [-0.15, -0.1) is 0 Å². The zero-order chi connectivity index (χ0) is 17.8. The van der Waals surface area contributed by atoms with Crippen LogP contribution in [0.25, 0.3) is 0 Å². The van der Waals surface area contributed by atoms with Gasteiger partial charge >= 0.3 is 0 Å². The minimum atomic E-state index is -3.82. The molecule has 0 unspecified atom stereocenters. The third-order valence-corrected chi connectivity index (χ3v) is 5.71. The maximum Gasteiger partial charge on any atom is 0.240 e. The lowest BCUT2D eigenvalue weighted by molar-refractivity contribution is -0.0310. The maximum atomic E-state index is 12.6. The molecule has 130 valence electrons. The maximum absolute atomic E-state index is 12.6. The molecule has 1 atom stereocenters. The van der Waals surface area contributed by atoms with Crippen molar-refractivity contribution in [3.05, 3.63) is 64.7 Å². The lowest BCUT2D eigenvalue weighted by atomic mass is 9.95. The van der Waals surface area contributed by atoms with Gasteiger partial charge < -0.3 is 9.84 Å². The summed E-state index contributed by atoms with van der Waals surface area (Å²) in [7, 11) is -2.38. The first-order valence-electron chi connectivity index (χ1n) is 7.32. The molecule has 0 amide bonds. The van der Waals surface area contributed by atoms with Gasteiger partial charge in [-0.25, -0.2) is 13.1 Å². The molecule has 7 heteroatoms. The minimum Gasteiger partial charge on any atom is -0.381 e. The molecule has 0 spiro atoms. The quantitative estimate of drug-likeness (QED) is 0.786. The molecule has 0 saturated carbocycles. The van der Waals surface area contributed by atoms with E-state index in [2.05, 4.69) is 4.72 Å². The van der Waals surface area contributed by atoms with Gasteiger partial charge in [-0.05, 0) is 30.2 Å². The van der Waals surface area contributed by atoms with E-state index in [1.807, 2.05) is 6.07 Å². The number of benzene rings is 2. The van der Waals surface area contributed by atoms with Crippen LogP contribution >= 0.6 is 11.6 Å². The second kappa shape index (κ2) is 7.63. The van der Waals surface area contributed by atoms with Crippen LogP contribution in [-0.4, -0.2) is 33.8 Å². The van der Waals surface area contributed by atoms with E-state index >= 15 is 0 Å². The fourth-order valence-corrected chi connectivity index (χ4v) is 3.98. The Morgan fingerprint density at radius 1 is 1.17 bits per heavy atom. The number of hydrogen-bond donors (Lipinski definition) is 2. The standard InChI is InChI=1S/C17H20ClNO4S/c1-13-15(18)9-6-10-16(13)24(21,22)19-11-17(20,12-23-2)14-7-4-3-5-8-14/h3-10,19-20H,11-12H2,1-2H3/t17-/m0/s1. The second-order valence-electron chi connectivity index (χ2n) is 5.52. The van der Waals surface area contributed by atoms with Crippen LogP contribution in [-0.2, 0) is 20.4 Å². The summed E-state index contributed by atoms with van der Waals surface area (Å²) in [6, 6.07) is 13.5. The molecule has 2 aromatic carbocycles. The van der Waals surface area contributed by atoms with Crippen molar-refractivity contribution in [2.45, 2.75) is 17.4 Å². The fraction of sp³-hybridized carbons (Fsp3) is 0.294. The van der Waals surface area contributed by atoms with Crippen LogP contribution in [0.2, 0.25) is 5.02 Å². The average molecular weight is 370 g/mol. The molecular weight excluding hydrogens is 350 g/mol. The highest BCUT2D eigenvalue weighted by Gasteiger charge is 2.31. The Morgan fingerprint density at radius 2 is 1.83 bits per heavy atom. The first-order chi connectivity index (χ1) is 11.3. The number of aliphatic hydroxyl groups is 1. The van der Waals surface area contributed by atoms with Crippen molar-refractivity contribution in [3.8, 4) is 0 Å². The summed E-state index contributed by atoms with van der Waals surface area (Å²) in [5.74, 6) is 0. The van der Waals surface area contributed by atoms with Crippen LogP contribution in [0.5, 0.6) is 0 Å². The van der Waals surface area contributed by atoms with Crippen LogP contribution in [0, 0.1) is 6.92 Å². The molecule has 0 heterocycles. The molecule has 5 nitrogen and oxygen atoms in total. The van der Waals surface area contributed by atoms with E-state index in [0.717, 1.165) is 0 Å². The topological polar surface area (TPSA) is 75.6 Å². The van der Waals surface area contributed by atoms with Crippen molar-refractivity contribution in [3.63, 3.8) is 0 Å². The van der Waals surface area contributed by atoms with Gasteiger partial charge in [-0.1, -0.05) is 48.0 Å². The van der Waals surface area contributed by atoms with Gasteiger partial charge in [0.05, 0.1) is 11.5 Å². The zero-order valence-electron chi connectivity index (χ0n) is 13.5. The number of rotatable bonds is 7. The van der Waals surface area contributed by atoms with Gasteiger partial charge in [-0.3, -0.25) is 0 Å². The summed E-state index contributed by atoms with van der Waals surface area (Å²) >= 11 is 5.99. The van der Waals surface area contributed by atoms with Gasteiger partial charge in [0.2, 0.25) is 10.0 Å². The second-order valence-corrected chi connectivity index (χ2v) is 7.66. The smallest absolute Gasteiger partial charge is 0.240 e. The van der Waals surface area contributed by atoms with Crippen molar-refractivity contribution >= 4 is 21.6 Å². The molecule has 0 aromatic heterocycles. The van der Waals surface area contributed by atoms with Crippen LogP contribution in [0.3, 0.4) is 0 Å². The number of sulfonamides is 1. The van der Waals surface area contributed by atoms with E-state index in [0.29, 0.717) is 16.1 Å². The number of methoxy groups -OCH3 is 1. The monoisotopic (exact) mass is 369 g/mol. The highest BCUT2D eigenvalue weighted by Crippen LogP contribution is 2.25. The van der Waals surface area contributed by atoms with Gasteiger partial charge in [0.15, 0.2) is 0 Å². The Morgan fingerprint density at radius 3 is 2.46 bits per heavy atom. The number of hydrogen-bond acceptors (Lipinski definition) is 4. The zero-order valence-corrected chi connectivity index (χ0v) is 15.1. The number of halogens is 1. The summed E-state index contributed by atoms with van der Waals surface area (Å²) in [6.45, 7) is 1.36. The lowest BCUT2D eigenvalue weighted by Crippen LogP contribution is -2.44. The molecule has 0 aliphatic carbocycles. The van der Waals surface area contributed by atoms with Gasteiger partial charge in [0, 0.05) is 18.7 Å². The Hall–Kier alpha value is -1.44. The summed E-state index contributed by atoms with van der Waals surface area (Å²) in [5, 5.41) is 11.2. The average Bonchev–Trinajstić information content (AvgIpc) is 2.56. The Balaban J connectivity index is 2.27. The molecule has 2 rings (SSSR count). The largest absolute Gasteiger partial charge is 0.381 e. The molecule has 0 saturated heterocycles. The van der Waals surface area contributed by atoms with E-state index in [1.165, 1.54) is 13.2 Å². The Labute approximate surface area is 147 Å². The molecule has 0 aliphatic heterocycles. The predicted molar refractivity (Wildman–Crippen MR) is 93.6 cm³/mol. The van der Waals surface area contributed by atoms with Crippen molar-refractivity contribution in [1.29, 1.82) is 0 Å². The molecule has 0 radical (unpaired) electrons. The van der Waals surface area contributed by atoms with E-state index < -0.39 is 15.6 Å². The molecule has 2 aromatic rings. The van der Waals surface area contributed by atoms with E-state index in [9.17, 15) is 13.5 Å². The normalized spacial score (nSPS) is 14.3. The van der Waals surface area contributed by atoms with E-state index in [-0.39, 0.29) is 18.0 Å². The number of ether oxygens (including phenoxy) is 1. The predicted octanol–water partition coefficient (Wildman–Crippen LogP) is 2.46. The fourth-order valence-electron chi connectivity index (χ4n) is 2.39. The Kier molecular flexibility index (Phi) is 6.01. The van der Waals surface area contributed by atoms with Crippen molar-refractivity contribution in [1.82, 2.24) is 4.72 Å².